The Morgan fingerprint density at radius 2 is 0.943 bits per heavy atom. The molecule has 88 heavy (non-hydrogen) atoms. The number of carbonyl (C=O) groups is 1. The first-order valence-corrected chi connectivity index (χ1v) is 33.3. The van der Waals surface area contributed by atoms with Gasteiger partial charge in [0, 0.05) is 43.5 Å². The molecule has 0 radical (unpaired) electrons. The molecule has 3 heterocycles. The zero-order chi connectivity index (χ0) is 64.1. The van der Waals surface area contributed by atoms with Crippen LogP contribution in [-0.4, -0.2) is 155 Å². The summed E-state index contributed by atoms with van der Waals surface area (Å²) < 4.78 is 57.8. The second kappa shape index (κ2) is 44.0. The van der Waals surface area contributed by atoms with Gasteiger partial charge >= 0.3 is 5.97 Å². The van der Waals surface area contributed by atoms with Gasteiger partial charge in [-0.15, -0.1) is 35.3 Å². The number of aliphatic hydroxyl groups excluding tert-OH is 4. The lowest BCUT2D eigenvalue weighted by Gasteiger charge is -2.44. The maximum absolute atomic E-state index is 12.0. The van der Waals surface area contributed by atoms with E-state index in [-0.39, 0.29) is 54.9 Å². The van der Waals surface area contributed by atoms with Gasteiger partial charge in [-0.2, -0.15) is 0 Å². The molecule has 4 N–H and O–H groups in total. The number of azide groups is 1. The monoisotopic (exact) mass is 1280 g/mol. The molecule has 5 aromatic rings. The summed E-state index contributed by atoms with van der Waals surface area (Å²) in [5.74, 6) is 2.10. The number of methoxy groups -OCH3 is 2. The fourth-order valence-electron chi connectivity index (χ4n) is 9.65. The van der Waals surface area contributed by atoms with Crippen molar-refractivity contribution in [3.63, 3.8) is 0 Å². The highest BCUT2D eigenvalue weighted by molar-refractivity contribution is 8.00. The van der Waals surface area contributed by atoms with Crippen molar-refractivity contribution in [1.82, 2.24) is 0 Å². The fraction of sp³-hybridized carbons (Fsp3) is 0.537. The first-order chi connectivity index (χ1) is 42.8. The van der Waals surface area contributed by atoms with E-state index in [2.05, 4.69) is 23.9 Å². The number of thioether (sulfide) groups is 3. The molecule has 21 heteroatoms. The zero-order valence-corrected chi connectivity index (χ0v) is 55.0. The lowest BCUT2D eigenvalue weighted by molar-refractivity contribution is -0.209. The standard InChI is InChI=1S/C24H29N3O5S.C23H30O4S.C9H18O4S.C9H12O2.C2H6/c1-3-33-24-21(26-27-25)23(30-15-19-12-8-5-9-13-19)22(31-17(2)28)20(32-24)16-29-14-18-10-6-4-7-11-18;1-3-28-23-17(2)22(26-15-19-12-8-5-9-13-19)21(24)20(27-23)16-25-14-18-10-6-4-7-11-18;1-3-14-9-5(2)7(11)8(12)6(4-10)13-9;1-10-9(11-2)8-6-4-3-5-7-8;1-2/h4-13,20-24H,3,14-16H2,1-2H3;4-13,17,20-24H,3,14-16H2,1-2H3;5-12H,3-4H2,1-2H3;3-7,9H,1-2H3;1-2H3. The molecule has 15 unspecified atom stereocenters. The van der Waals surface area contributed by atoms with Crippen LogP contribution in [-0.2, 0) is 78.6 Å². The molecule has 0 bridgehead atoms. The summed E-state index contributed by atoms with van der Waals surface area (Å²) in [6.07, 6.45) is -6.15. The maximum Gasteiger partial charge on any atom is 0.303 e. The second-order valence-corrected chi connectivity index (χ2v) is 24.5. The molecule has 0 saturated carbocycles. The van der Waals surface area contributed by atoms with Crippen molar-refractivity contribution in [1.29, 1.82) is 0 Å². The fourth-order valence-corrected chi connectivity index (χ4v) is 12.6. The molecule has 18 nitrogen and oxygen atoms in total. The third-order valence-electron chi connectivity index (χ3n) is 14.1. The van der Waals surface area contributed by atoms with E-state index < -0.39 is 66.3 Å². The number of hydrogen-bond donors (Lipinski definition) is 4. The first kappa shape index (κ1) is 75.9. The number of rotatable bonds is 26. The number of ether oxygens (including phenoxy) is 10. The summed E-state index contributed by atoms with van der Waals surface area (Å²) in [6, 6.07) is 48.7. The Bertz CT molecular complexity index is 2600. The first-order valence-electron chi connectivity index (χ1n) is 30.1. The van der Waals surface area contributed by atoms with Gasteiger partial charge in [0.2, 0.25) is 0 Å². The summed E-state index contributed by atoms with van der Waals surface area (Å²) in [7, 11) is 3.25. The molecule has 15 atom stereocenters. The average Bonchev–Trinajstić information content (AvgIpc) is 2.79. The van der Waals surface area contributed by atoms with Crippen LogP contribution in [0, 0.1) is 11.8 Å². The predicted molar refractivity (Wildman–Crippen MR) is 349 cm³/mol. The number of aliphatic hydroxyl groups is 4. The summed E-state index contributed by atoms with van der Waals surface area (Å²) in [5, 5.41) is 43.1. The van der Waals surface area contributed by atoms with Crippen LogP contribution in [0.1, 0.15) is 89.5 Å². The van der Waals surface area contributed by atoms with Crippen molar-refractivity contribution in [3.05, 3.63) is 190 Å². The molecule has 3 aliphatic heterocycles. The number of hydrogen-bond acceptors (Lipinski definition) is 19. The van der Waals surface area contributed by atoms with Gasteiger partial charge in [-0.1, -0.05) is 205 Å². The van der Waals surface area contributed by atoms with Crippen LogP contribution in [0.4, 0.5) is 0 Å². The summed E-state index contributed by atoms with van der Waals surface area (Å²) >= 11 is 4.85. The minimum atomic E-state index is -0.983. The van der Waals surface area contributed by atoms with Crippen molar-refractivity contribution in [2.75, 3.05) is 51.3 Å². The van der Waals surface area contributed by atoms with Gasteiger partial charge in [0.15, 0.2) is 12.4 Å². The Morgan fingerprint density at radius 1 is 0.545 bits per heavy atom. The van der Waals surface area contributed by atoms with E-state index in [1.54, 1.807) is 37.7 Å². The van der Waals surface area contributed by atoms with Crippen molar-refractivity contribution in [2.24, 2.45) is 17.0 Å². The van der Waals surface area contributed by atoms with E-state index in [4.69, 9.17) is 52.5 Å². The van der Waals surface area contributed by atoms with Gasteiger partial charge in [0.25, 0.3) is 0 Å². The molecule has 3 fully saturated rings. The van der Waals surface area contributed by atoms with Gasteiger partial charge < -0.3 is 67.8 Å². The number of nitrogens with zero attached hydrogens (tertiary/aromatic N) is 3. The molecule has 3 aliphatic rings. The average molecular weight is 1280 g/mol. The van der Waals surface area contributed by atoms with Crippen LogP contribution in [0.3, 0.4) is 0 Å². The van der Waals surface area contributed by atoms with Gasteiger partial charge in [0.05, 0.1) is 58.5 Å². The van der Waals surface area contributed by atoms with Crippen LogP contribution in [0.15, 0.2) is 157 Å². The highest BCUT2D eigenvalue weighted by Gasteiger charge is 2.49. The third-order valence-corrected chi connectivity index (χ3v) is 17.6. The third kappa shape index (κ3) is 25.6. The molecule has 8 rings (SSSR count). The van der Waals surface area contributed by atoms with Gasteiger partial charge in [-0.05, 0) is 45.0 Å². The molecule has 486 valence electrons. The Morgan fingerprint density at radius 3 is 1.38 bits per heavy atom. The summed E-state index contributed by atoms with van der Waals surface area (Å²) in [6.45, 7) is 17.3. The van der Waals surface area contributed by atoms with Crippen LogP contribution >= 0.6 is 35.3 Å². The van der Waals surface area contributed by atoms with E-state index in [9.17, 15) is 25.6 Å². The smallest absolute Gasteiger partial charge is 0.303 e. The topological polar surface area (TPSA) is 239 Å². The number of esters is 1. The Balaban J connectivity index is 0.000000269. The van der Waals surface area contributed by atoms with Crippen LogP contribution in [0.5, 0.6) is 0 Å². The van der Waals surface area contributed by atoms with E-state index in [1.807, 2.05) is 186 Å². The van der Waals surface area contributed by atoms with Gasteiger partial charge in [-0.3, -0.25) is 4.79 Å². The molecule has 3 saturated heterocycles. The minimum Gasteiger partial charge on any atom is -0.457 e. The van der Waals surface area contributed by atoms with Crippen molar-refractivity contribution in [3.8, 4) is 0 Å². The minimum absolute atomic E-state index is 0.0144. The molecule has 0 amide bonds. The molecular formula is C67H95N3O15S3. The largest absolute Gasteiger partial charge is 0.457 e. The molecule has 0 aliphatic carbocycles. The second-order valence-electron chi connectivity index (χ2n) is 20.4. The van der Waals surface area contributed by atoms with Gasteiger partial charge in [-0.25, -0.2) is 0 Å². The van der Waals surface area contributed by atoms with Crippen LogP contribution in [0.2, 0.25) is 0 Å². The Kier molecular flexibility index (Phi) is 37.9. The maximum atomic E-state index is 12.0. The normalized spacial score (nSPS) is 26.4. The van der Waals surface area contributed by atoms with Crippen LogP contribution in [0.25, 0.3) is 10.4 Å². The van der Waals surface area contributed by atoms with Crippen molar-refractivity contribution < 1.29 is 72.6 Å². The summed E-state index contributed by atoms with van der Waals surface area (Å²) in [5.41, 5.74) is 13.8. The lowest BCUT2D eigenvalue weighted by Crippen LogP contribution is -2.59. The highest BCUT2D eigenvalue weighted by Crippen LogP contribution is 2.37. The lowest BCUT2D eigenvalue weighted by atomic mass is 9.93. The van der Waals surface area contributed by atoms with E-state index in [0.717, 1.165) is 45.1 Å². The number of carbonyl (C=O) groups excluding carboxylic acids is 1. The Hall–Kier alpha value is -4.59. The van der Waals surface area contributed by atoms with E-state index in [0.29, 0.717) is 26.4 Å². The molecule has 5 aromatic carbocycles. The molecule has 0 aromatic heterocycles. The molecule has 0 spiro atoms. The quantitative estimate of drug-likeness (QED) is 0.0132. The highest BCUT2D eigenvalue weighted by atomic mass is 32.2. The van der Waals surface area contributed by atoms with E-state index in [1.165, 1.54) is 18.7 Å². The summed E-state index contributed by atoms with van der Waals surface area (Å²) in [4.78, 5) is 15.0. The zero-order valence-electron chi connectivity index (χ0n) is 52.6. The SMILES string of the molecule is CC.CCSC1OC(CO)C(O)C(O)C1C.CCSC1OC(COCc2ccccc2)C(O)C(OCc2ccccc2)C1C.CCSC1OC(COCc2ccccc2)C(OC(C)=O)C(OCc2ccccc2)C1N=[N+]=[N-].COC(OC)c1ccccc1. The molecular weight excluding hydrogens is 1180 g/mol. The Labute approximate surface area is 534 Å². The van der Waals surface area contributed by atoms with E-state index >= 15 is 0 Å². The predicted octanol–water partition coefficient (Wildman–Crippen LogP) is 12.0. The number of benzene rings is 5. The van der Waals surface area contributed by atoms with Crippen LogP contribution < -0.4 is 0 Å². The van der Waals surface area contributed by atoms with Crippen molar-refractivity contribution in [2.45, 2.75) is 165 Å². The van der Waals surface area contributed by atoms with Gasteiger partial charge in [0.1, 0.15) is 59.0 Å². The van der Waals surface area contributed by atoms with Crippen molar-refractivity contribution >= 4 is 41.3 Å².